The van der Waals surface area contributed by atoms with E-state index in [1.54, 1.807) is 17.8 Å². The van der Waals surface area contributed by atoms with E-state index in [0.717, 1.165) is 16.8 Å². The minimum atomic E-state index is -5.12. The van der Waals surface area contributed by atoms with E-state index in [4.69, 9.17) is 4.74 Å². The molecule has 2 heterocycles. The standard InChI is InChI=1S/C19H25F3N4O5S/c1-3-30-17(28)6-4-5-8-25-12-14(23-24-25)10-15-11-16(32-13(2)27)7-9-26(15)31-18(29)19(20,21)22/h10,12,16H,3-9,11H2,1-2H3/b15-10+. The number of aryl methyl sites for hydroxylation is 1. The van der Waals surface area contributed by atoms with Gasteiger partial charge in [0.25, 0.3) is 0 Å². The zero-order chi connectivity index (χ0) is 23.7. The summed E-state index contributed by atoms with van der Waals surface area (Å²) in [4.78, 5) is 38.6. The van der Waals surface area contributed by atoms with Crippen molar-refractivity contribution >= 4 is 34.9 Å². The van der Waals surface area contributed by atoms with Gasteiger partial charge in [0.15, 0.2) is 5.12 Å². The highest BCUT2D eigenvalue weighted by Crippen LogP contribution is 2.32. The van der Waals surface area contributed by atoms with Gasteiger partial charge in [0, 0.05) is 31.6 Å². The first-order chi connectivity index (χ1) is 15.1. The lowest BCUT2D eigenvalue weighted by Crippen LogP contribution is -2.39. The fraction of sp³-hybridized carbons (Fsp3) is 0.632. The molecule has 1 atom stereocenters. The molecule has 1 fully saturated rings. The average molecular weight is 478 g/mol. The maximum atomic E-state index is 12.6. The summed E-state index contributed by atoms with van der Waals surface area (Å²) in [5, 5.41) is 8.58. The molecule has 178 valence electrons. The molecule has 1 aromatic rings. The lowest BCUT2D eigenvalue weighted by atomic mass is 10.1. The van der Waals surface area contributed by atoms with Crippen LogP contribution in [0.4, 0.5) is 13.2 Å². The van der Waals surface area contributed by atoms with E-state index in [0.29, 0.717) is 50.2 Å². The number of hydrogen-bond donors (Lipinski definition) is 0. The number of esters is 1. The summed E-state index contributed by atoms with van der Waals surface area (Å²) in [5.41, 5.74) is 0.661. The number of alkyl halides is 3. The lowest BCUT2D eigenvalue weighted by Gasteiger charge is -2.33. The first-order valence-electron chi connectivity index (χ1n) is 10.1. The summed E-state index contributed by atoms with van der Waals surface area (Å²) in [5.74, 6) is -2.58. The van der Waals surface area contributed by atoms with Crippen LogP contribution in [-0.4, -0.2) is 61.7 Å². The van der Waals surface area contributed by atoms with Crippen molar-refractivity contribution in [2.45, 2.75) is 63.9 Å². The van der Waals surface area contributed by atoms with Crippen LogP contribution in [0.15, 0.2) is 11.9 Å². The van der Waals surface area contributed by atoms with Gasteiger partial charge in [-0.2, -0.15) is 13.2 Å². The number of halogens is 3. The van der Waals surface area contributed by atoms with E-state index in [-0.39, 0.29) is 29.3 Å². The van der Waals surface area contributed by atoms with E-state index in [2.05, 4.69) is 15.1 Å². The van der Waals surface area contributed by atoms with Crippen LogP contribution in [0.3, 0.4) is 0 Å². The van der Waals surface area contributed by atoms with Gasteiger partial charge in [-0.05, 0) is 32.3 Å². The molecular weight excluding hydrogens is 453 g/mol. The van der Waals surface area contributed by atoms with Crippen molar-refractivity contribution in [1.82, 2.24) is 20.1 Å². The summed E-state index contributed by atoms with van der Waals surface area (Å²) >= 11 is 1.09. The normalized spacial score (nSPS) is 18.0. The van der Waals surface area contributed by atoms with Crippen molar-refractivity contribution in [3.63, 3.8) is 0 Å². The second-order valence-electron chi connectivity index (χ2n) is 7.01. The fourth-order valence-electron chi connectivity index (χ4n) is 3.00. The summed E-state index contributed by atoms with van der Waals surface area (Å²) < 4.78 is 44.3. The highest BCUT2D eigenvalue weighted by atomic mass is 32.2. The van der Waals surface area contributed by atoms with E-state index in [1.807, 2.05) is 0 Å². The lowest BCUT2D eigenvalue weighted by molar-refractivity contribution is -0.233. The topological polar surface area (TPSA) is 104 Å². The van der Waals surface area contributed by atoms with Gasteiger partial charge in [0.1, 0.15) is 5.69 Å². The van der Waals surface area contributed by atoms with Gasteiger partial charge < -0.3 is 9.57 Å². The van der Waals surface area contributed by atoms with Gasteiger partial charge in [-0.25, -0.2) is 9.86 Å². The molecule has 0 bridgehead atoms. The molecule has 9 nitrogen and oxygen atoms in total. The molecule has 0 saturated carbocycles. The molecule has 1 aromatic heterocycles. The molecule has 32 heavy (non-hydrogen) atoms. The SMILES string of the molecule is CCOC(=O)CCCCn1cc(/C=C2\CC(SC(C)=O)CCN2OC(=O)C(F)(F)F)nn1. The molecular formula is C19H25F3N4O5S. The Morgan fingerprint density at radius 1 is 1.31 bits per heavy atom. The number of rotatable bonds is 9. The second kappa shape index (κ2) is 11.9. The fourth-order valence-corrected chi connectivity index (χ4v) is 3.95. The molecule has 1 unspecified atom stereocenters. The van der Waals surface area contributed by atoms with Crippen LogP contribution >= 0.6 is 11.8 Å². The number of carbonyl (C=O) groups is 3. The first kappa shape index (κ1) is 25.7. The van der Waals surface area contributed by atoms with E-state index in [1.165, 1.54) is 13.0 Å². The summed E-state index contributed by atoms with van der Waals surface area (Å²) in [6.07, 6.45) is 0.130. The van der Waals surface area contributed by atoms with Crippen molar-refractivity contribution in [2.24, 2.45) is 0 Å². The summed E-state index contributed by atoms with van der Waals surface area (Å²) in [6.45, 7) is 3.99. The maximum Gasteiger partial charge on any atom is 0.493 e. The predicted molar refractivity (Wildman–Crippen MR) is 109 cm³/mol. The molecule has 1 aliphatic rings. The number of nitrogens with zero attached hydrogens (tertiary/aromatic N) is 4. The molecule has 0 aliphatic carbocycles. The Kier molecular flexibility index (Phi) is 9.54. The molecule has 13 heteroatoms. The van der Waals surface area contributed by atoms with Gasteiger partial charge in [-0.1, -0.05) is 17.0 Å². The first-order valence-corrected chi connectivity index (χ1v) is 11.0. The second-order valence-corrected chi connectivity index (χ2v) is 8.48. The van der Waals surface area contributed by atoms with Gasteiger partial charge in [0.05, 0.1) is 25.0 Å². The molecule has 0 radical (unpaired) electrons. The zero-order valence-corrected chi connectivity index (χ0v) is 18.6. The Balaban J connectivity index is 2.04. The molecule has 0 aromatic carbocycles. The number of piperidine rings is 1. The van der Waals surface area contributed by atoms with Crippen LogP contribution in [0.25, 0.3) is 6.08 Å². The summed E-state index contributed by atoms with van der Waals surface area (Å²) in [6, 6.07) is 0. The zero-order valence-electron chi connectivity index (χ0n) is 17.8. The van der Waals surface area contributed by atoms with Gasteiger partial charge in [-0.3, -0.25) is 14.3 Å². The summed E-state index contributed by atoms with van der Waals surface area (Å²) in [7, 11) is 0. The van der Waals surface area contributed by atoms with Crippen LogP contribution in [-0.2, 0) is 30.5 Å². The largest absolute Gasteiger partial charge is 0.493 e. The number of allylic oxidation sites excluding steroid dienone is 1. The third-order valence-electron chi connectivity index (χ3n) is 4.36. The van der Waals surface area contributed by atoms with Crippen LogP contribution in [0.2, 0.25) is 0 Å². The van der Waals surface area contributed by atoms with E-state index < -0.39 is 12.1 Å². The highest BCUT2D eigenvalue weighted by molar-refractivity contribution is 8.14. The Hall–Kier alpha value is -2.57. The Morgan fingerprint density at radius 2 is 2.06 bits per heavy atom. The Labute approximate surface area is 187 Å². The molecule has 2 rings (SSSR count). The number of aromatic nitrogens is 3. The molecule has 1 aliphatic heterocycles. The number of hydroxylamine groups is 2. The Bertz CT molecular complexity index is 843. The number of ether oxygens (including phenoxy) is 1. The van der Waals surface area contributed by atoms with Crippen molar-refractivity contribution in [2.75, 3.05) is 13.2 Å². The number of hydrogen-bond acceptors (Lipinski definition) is 9. The third-order valence-corrected chi connectivity index (χ3v) is 5.43. The third kappa shape index (κ3) is 8.52. The van der Waals surface area contributed by atoms with Crippen LogP contribution in [0, 0.1) is 0 Å². The van der Waals surface area contributed by atoms with Crippen molar-refractivity contribution in [1.29, 1.82) is 0 Å². The smallest absolute Gasteiger partial charge is 0.466 e. The minimum Gasteiger partial charge on any atom is -0.466 e. The minimum absolute atomic E-state index is 0.0145. The highest BCUT2D eigenvalue weighted by Gasteiger charge is 2.43. The average Bonchev–Trinajstić information content (AvgIpc) is 3.13. The van der Waals surface area contributed by atoms with Crippen molar-refractivity contribution < 1.29 is 37.1 Å². The van der Waals surface area contributed by atoms with Crippen LogP contribution in [0.5, 0.6) is 0 Å². The maximum absolute atomic E-state index is 12.6. The van der Waals surface area contributed by atoms with Crippen LogP contribution in [0.1, 0.15) is 51.6 Å². The van der Waals surface area contributed by atoms with Crippen molar-refractivity contribution in [3.05, 3.63) is 17.6 Å². The quantitative estimate of drug-likeness (QED) is 0.391. The molecule has 0 spiro atoms. The van der Waals surface area contributed by atoms with Crippen LogP contribution < -0.4 is 0 Å². The predicted octanol–water partition coefficient (Wildman–Crippen LogP) is 3.12. The number of carbonyl (C=O) groups excluding carboxylic acids is 3. The van der Waals surface area contributed by atoms with Gasteiger partial charge in [-0.15, -0.1) is 5.10 Å². The number of thioether (sulfide) groups is 1. The van der Waals surface area contributed by atoms with E-state index >= 15 is 0 Å². The molecule has 0 amide bonds. The van der Waals surface area contributed by atoms with Gasteiger partial charge >= 0.3 is 18.1 Å². The van der Waals surface area contributed by atoms with E-state index in [9.17, 15) is 27.6 Å². The monoisotopic (exact) mass is 478 g/mol. The number of unbranched alkanes of at least 4 members (excludes halogenated alkanes) is 1. The van der Waals surface area contributed by atoms with Gasteiger partial charge in [0.2, 0.25) is 0 Å². The molecule has 0 N–H and O–H groups in total. The van der Waals surface area contributed by atoms with Crippen molar-refractivity contribution in [3.8, 4) is 0 Å². The molecule has 1 saturated heterocycles. The Morgan fingerprint density at radius 3 is 2.72 bits per heavy atom.